The van der Waals surface area contributed by atoms with Crippen LogP contribution in [0.1, 0.15) is 6.42 Å². The van der Waals surface area contributed by atoms with Gasteiger partial charge in [0.25, 0.3) is 0 Å². The van der Waals surface area contributed by atoms with Crippen molar-refractivity contribution in [3.63, 3.8) is 0 Å². The van der Waals surface area contributed by atoms with E-state index in [2.05, 4.69) is 20.2 Å². The molecule has 1 amide bonds. The van der Waals surface area contributed by atoms with Gasteiger partial charge < -0.3 is 20.1 Å². The van der Waals surface area contributed by atoms with Crippen LogP contribution in [-0.2, 0) is 9.53 Å². The molecule has 8 nitrogen and oxygen atoms in total. The molecule has 0 bridgehead atoms. The van der Waals surface area contributed by atoms with E-state index < -0.39 is 0 Å². The van der Waals surface area contributed by atoms with Gasteiger partial charge in [0.05, 0.1) is 19.3 Å². The summed E-state index contributed by atoms with van der Waals surface area (Å²) < 4.78 is 5.31. The highest BCUT2D eigenvalue weighted by atomic mass is 16.5. The maximum Gasteiger partial charge on any atom is 0.225 e. The number of morpholine rings is 1. The lowest BCUT2D eigenvalue weighted by Crippen LogP contribution is -2.44. The van der Waals surface area contributed by atoms with Gasteiger partial charge in [0.2, 0.25) is 11.9 Å². The maximum atomic E-state index is 12.2. The van der Waals surface area contributed by atoms with Gasteiger partial charge in [-0.25, -0.2) is 9.97 Å². The third-order valence-corrected chi connectivity index (χ3v) is 4.62. The number of carbonyl (C=O) groups excluding carboxylic acids is 1. The SMILES string of the molecule is O=C(CCN1CCOCC1)N[C@@H]1CN(c2ncccn2)C[C@H]1CO. The van der Waals surface area contributed by atoms with E-state index in [1.54, 1.807) is 18.5 Å². The highest BCUT2D eigenvalue weighted by molar-refractivity contribution is 5.76. The minimum atomic E-state index is -0.0732. The van der Waals surface area contributed by atoms with Gasteiger partial charge in [-0.05, 0) is 6.07 Å². The van der Waals surface area contributed by atoms with Crippen molar-refractivity contribution in [3.05, 3.63) is 18.5 Å². The van der Waals surface area contributed by atoms with E-state index in [0.29, 0.717) is 25.5 Å². The molecule has 2 aliphatic heterocycles. The normalized spacial score (nSPS) is 25.0. The van der Waals surface area contributed by atoms with Crippen LogP contribution in [-0.4, -0.2) is 84.5 Å². The fraction of sp³-hybridized carbons (Fsp3) is 0.688. The molecule has 2 N–H and O–H groups in total. The van der Waals surface area contributed by atoms with Crippen molar-refractivity contribution in [2.45, 2.75) is 12.5 Å². The third-order valence-electron chi connectivity index (χ3n) is 4.62. The van der Waals surface area contributed by atoms with Gasteiger partial charge in [-0.15, -0.1) is 0 Å². The number of hydrogen-bond donors (Lipinski definition) is 2. The molecule has 0 unspecified atom stereocenters. The standard InChI is InChI=1S/C16H25N5O3/c22-12-13-10-21(16-17-3-1-4-18-16)11-14(13)19-15(23)2-5-20-6-8-24-9-7-20/h1,3-4,13-14,22H,2,5-12H2,(H,19,23)/t13-,14+/m0/s1. The molecule has 0 saturated carbocycles. The van der Waals surface area contributed by atoms with E-state index >= 15 is 0 Å². The number of nitrogens with one attached hydrogen (secondary N) is 1. The Bertz CT molecular complexity index is 524. The summed E-state index contributed by atoms with van der Waals surface area (Å²) in [5, 5.41) is 12.7. The topological polar surface area (TPSA) is 90.8 Å². The number of nitrogens with zero attached hydrogens (tertiary/aromatic N) is 4. The summed E-state index contributed by atoms with van der Waals surface area (Å²) in [7, 11) is 0. The molecule has 0 aromatic carbocycles. The Morgan fingerprint density at radius 3 is 2.75 bits per heavy atom. The first-order valence-corrected chi connectivity index (χ1v) is 8.48. The first-order valence-electron chi connectivity index (χ1n) is 8.48. The van der Waals surface area contributed by atoms with Gasteiger partial charge in [-0.3, -0.25) is 9.69 Å². The minimum Gasteiger partial charge on any atom is -0.396 e. The van der Waals surface area contributed by atoms with Gasteiger partial charge in [0.1, 0.15) is 0 Å². The summed E-state index contributed by atoms with van der Waals surface area (Å²) in [6, 6.07) is 1.70. The zero-order valence-corrected chi connectivity index (χ0v) is 13.8. The Morgan fingerprint density at radius 2 is 2.04 bits per heavy atom. The monoisotopic (exact) mass is 335 g/mol. The predicted octanol–water partition coefficient (Wildman–Crippen LogP) is -0.888. The molecule has 2 fully saturated rings. The second kappa shape index (κ2) is 8.36. The van der Waals surface area contributed by atoms with Gasteiger partial charge >= 0.3 is 0 Å². The molecule has 8 heteroatoms. The number of ether oxygens (including phenoxy) is 1. The van der Waals surface area contributed by atoms with Crippen molar-refractivity contribution in [2.24, 2.45) is 5.92 Å². The van der Waals surface area contributed by atoms with Crippen molar-refractivity contribution in [1.82, 2.24) is 20.2 Å². The summed E-state index contributed by atoms with van der Waals surface area (Å²) in [5.41, 5.74) is 0. The first kappa shape index (κ1) is 17.1. The average Bonchev–Trinajstić information content (AvgIpc) is 3.04. The molecule has 132 valence electrons. The van der Waals surface area contributed by atoms with Crippen LogP contribution in [0.2, 0.25) is 0 Å². The van der Waals surface area contributed by atoms with Crippen LogP contribution >= 0.6 is 0 Å². The van der Waals surface area contributed by atoms with Crippen molar-refractivity contribution < 1.29 is 14.6 Å². The molecular formula is C16H25N5O3. The Labute approximate surface area is 141 Å². The molecule has 2 aliphatic rings. The summed E-state index contributed by atoms with van der Waals surface area (Å²) in [4.78, 5) is 25.0. The van der Waals surface area contributed by atoms with Crippen molar-refractivity contribution in [3.8, 4) is 0 Å². The number of aliphatic hydroxyl groups is 1. The molecule has 0 radical (unpaired) electrons. The lowest BCUT2D eigenvalue weighted by atomic mass is 10.1. The molecule has 2 saturated heterocycles. The van der Waals surface area contributed by atoms with Crippen LogP contribution in [0.25, 0.3) is 0 Å². The fourth-order valence-electron chi connectivity index (χ4n) is 3.20. The molecule has 3 heterocycles. The van der Waals surface area contributed by atoms with Crippen LogP contribution < -0.4 is 10.2 Å². The molecule has 24 heavy (non-hydrogen) atoms. The lowest BCUT2D eigenvalue weighted by molar-refractivity contribution is -0.122. The fourth-order valence-corrected chi connectivity index (χ4v) is 3.20. The Morgan fingerprint density at radius 1 is 1.29 bits per heavy atom. The zero-order valence-electron chi connectivity index (χ0n) is 13.8. The molecule has 0 spiro atoms. The second-order valence-corrected chi connectivity index (χ2v) is 6.27. The van der Waals surface area contributed by atoms with Gasteiger partial charge in [-0.2, -0.15) is 0 Å². The molecule has 1 aromatic rings. The number of aromatic nitrogens is 2. The van der Waals surface area contributed by atoms with E-state index in [4.69, 9.17) is 4.74 Å². The molecule has 0 aliphatic carbocycles. The van der Waals surface area contributed by atoms with Gasteiger partial charge in [0.15, 0.2) is 0 Å². The van der Waals surface area contributed by atoms with Gasteiger partial charge in [0, 0.05) is 64.1 Å². The predicted molar refractivity (Wildman–Crippen MR) is 88.6 cm³/mol. The minimum absolute atomic E-state index is 0.00106. The van der Waals surface area contributed by atoms with Crippen LogP contribution in [0.15, 0.2) is 18.5 Å². The maximum absolute atomic E-state index is 12.2. The molecular weight excluding hydrogens is 310 g/mol. The molecule has 3 rings (SSSR count). The van der Waals surface area contributed by atoms with Crippen LogP contribution in [0.4, 0.5) is 5.95 Å². The first-order chi connectivity index (χ1) is 11.8. The van der Waals surface area contributed by atoms with Crippen LogP contribution in [0, 0.1) is 5.92 Å². The number of carbonyl (C=O) groups is 1. The van der Waals surface area contributed by atoms with E-state index in [0.717, 1.165) is 32.8 Å². The van der Waals surface area contributed by atoms with Crippen molar-refractivity contribution in [2.75, 3.05) is 57.4 Å². The summed E-state index contributed by atoms with van der Waals surface area (Å²) in [6.07, 6.45) is 3.87. The zero-order chi connectivity index (χ0) is 16.8. The number of hydrogen-bond acceptors (Lipinski definition) is 7. The number of amides is 1. The van der Waals surface area contributed by atoms with E-state index in [1.807, 2.05) is 4.90 Å². The highest BCUT2D eigenvalue weighted by Gasteiger charge is 2.34. The quantitative estimate of drug-likeness (QED) is 0.697. The average molecular weight is 335 g/mol. The van der Waals surface area contributed by atoms with Crippen molar-refractivity contribution >= 4 is 11.9 Å². The van der Waals surface area contributed by atoms with E-state index in [9.17, 15) is 9.90 Å². The lowest BCUT2D eigenvalue weighted by Gasteiger charge is -2.26. The Balaban J connectivity index is 1.48. The molecule has 1 aromatic heterocycles. The van der Waals surface area contributed by atoms with Gasteiger partial charge in [-0.1, -0.05) is 0 Å². The largest absolute Gasteiger partial charge is 0.396 e. The smallest absolute Gasteiger partial charge is 0.225 e. The number of aliphatic hydroxyl groups excluding tert-OH is 1. The molecule has 2 atom stereocenters. The summed E-state index contributed by atoms with van der Waals surface area (Å²) in [6.45, 7) is 5.30. The Hall–Kier alpha value is -1.77. The van der Waals surface area contributed by atoms with Crippen LogP contribution in [0.5, 0.6) is 0 Å². The number of rotatable bonds is 6. The second-order valence-electron chi connectivity index (χ2n) is 6.27. The Kier molecular flexibility index (Phi) is 5.95. The highest BCUT2D eigenvalue weighted by Crippen LogP contribution is 2.20. The number of anilines is 1. The third kappa shape index (κ3) is 4.40. The van der Waals surface area contributed by atoms with Crippen LogP contribution in [0.3, 0.4) is 0 Å². The van der Waals surface area contributed by atoms with E-state index in [-0.39, 0.29) is 24.5 Å². The van der Waals surface area contributed by atoms with E-state index in [1.165, 1.54) is 0 Å². The summed E-state index contributed by atoms with van der Waals surface area (Å²) in [5.74, 6) is 0.669. The summed E-state index contributed by atoms with van der Waals surface area (Å²) >= 11 is 0. The van der Waals surface area contributed by atoms with Crippen molar-refractivity contribution in [1.29, 1.82) is 0 Å².